The highest BCUT2D eigenvalue weighted by Gasteiger charge is 2.01. The van der Waals surface area contributed by atoms with E-state index in [0.717, 1.165) is 5.76 Å². The Labute approximate surface area is 65.8 Å². The maximum absolute atomic E-state index is 5.16. The van der Waals surface area contributed by atoms with Gasteiger partial charge in [0.15, 0.2) is 5.82 Å². The third kappa shape index (κ3) is 2.01. The summed E-state index contributed by atoms with van der Waals surface area (Å²) in [5.74, 6) is 3.99. The van der Waals surface area contributed by atoms with Gasteiger partial charge >= 0.3 is 0 Å². The normalized spacial score (nSPS) is 12.1. The number of anilines is 1. The number of aromatic nitrogens is 1. The highest BCUT2D eigenvalue weighted by atomic mass is 16.5. The average Bonchev–Trinajstić information content (AvgIpc) is 2.35. The highest BCUT2D eigenvalue weighted by Crippen LogP contribution is 2.07. The van der Waals surface area contributed by atoms with Crippen LogP contribution in [0.25, 0.3) is 0 Å². The van der Waals surface area contributed by atoms with Crippen LogP contribution in [0.4, 0.5) is 5.82 Å². The zero-order chi connectivity index (χ0) is 8.27. The first-order chi connectivity index (χ1) is 5.22. The molecule has 0 aromatic carbocycles. The van der Waals surface area contributed by atoms with Crippen molar-refractivity contribution in [1.29, 1.82) is 0 Å². The van der Waals surface area contributed by atoms with E-state index in [1.807, 2.05) is 13.8 Å². The van der Waals surface area contributed by atoms with Crippen LogP contribution in [0.5, 0.6) is 0 Å². The molecule has 1 aromatic heterocycles. The van der Waals surface area contributed by atoms with Crippen LogP contribution in [0.1, 0.15) is 12.7 Å². The van der Waals surface area contributed by atoms with E-state index in [-0.39, 0.29) is 6.04 Å². The second kappa shape index (κ2) is 3.11. The van der Waals surface area contributed by atoms with Crippen LogP contribution >= 0.6 is 0 Å². The van der Waals surface area contributed by atoms with Crippen molar-refractivity contribution in [3.8, 4) is 12.3 Å². The maximum Gasteiger partial charge on any atom is 0.170 e. The minimum Gasteiger partial charge on any atom is -0.360 e. The predicted molar refractivity (Wildman–Crippen MR) is 43.2 cm³/mol. The molecule has 0 aliphatic rings. The number of nitrogens with zero attached hydrogens (tertiary/aromatic N) is 1. The van der Waals surface area contributed by atoms with Gasteiger partial charge in [0.1, 0.15) is 5.76 Å². The Morgan fingerprint density at radius 1 is 1.82 bits per heavy atom. The van der Waals surface area contributed by atoms with Crippen LogP contribution in [-0.2, 0) is 0 Å². The number of nitrogens with one attached hydrogen (secondary N) is 1. The monoisotopic (exact) mass is 150 g/mol. The van der Waals surface area contributed by atoms with Crippen LogP contribution < -0.4 is 5.32 Å². The number of hydrogen-bond acceptors (Lipinski definition) is 3. The average molecular weight is 150 g/mol. The molecule has 0 saturated heterocycles. The van der Waals surface area contributed by atoms with Crippen LogP contribution in [0.15, 0.2) is 10.6 Å². The minimum atomic E-state index is -0.0144. The summed E-state index contributed by atoms with van der Waals surface area (Å²) >= 11 is 0. The van der Waals surface area contributed by atoms with Gasteiger partial charge in [0.25, 0.3) is 0 Å². The van der Waals surface area contributed by atoms with Gasteiger partial charge in [-0.1, -0.05) is 11.1 Å². The van der Waals surface area contributed by atoms with Crippen LogP contribution in [0, 0.1) is 19.3 Å². The van der Waals surface area contributed by atoms with Crippen molar-refractivity contribution in [2.24, 2.45) is 0 Å². The van der Waals surface area contributed by atoms with Crippen LogP contribution in [0.2, 0.25) is 0 Å². The van der Waals surface area contributed by atoms with E-state index < -0.39 is 0 Å². The lowest BCUT2D eigenvalue weighted by Crippen LogP contribution is -2.11. The van der Waals surface area contributed by atoms with Crippen molar-refractivity contribution >= 4 is 5.82 Å². The first-order valence-corrected chi connectivity index (χ1v) is 3.38. The Balaban J connectivity index is 2.59. The van der Waals surface area contributed by atoms with Gasteiger partial charge in [-0.05, 0) is 13.8 Å². The molecule has 0 radical (unpaired) electrons. The Morgan fingerprint density at radius 3 is 3.00 bits per heavy atom. The first kappa shape index (κ1) is 7.67. The molecule has 1 N–H and O–H groups in total. The van der Waals surface area contributed by atoms with Gasteiger partial charge in [-0.15, -0.1) is 6.42 Å². The second-order valence-electron chi connectivity index (χ2n) is 2.36. The molecule has 0 amide bonds. The fourth-order valence-electron chi connectivity index (χ4n) is 0.698. The third-order valence-electron chi connectivity index (χ3n) is 1.24. The van der Waals surface area contributed by atoms with Crippen molar-refractivity contribution < 1.29 is 4.52 Å². The van der Waals surface area contributed by atoms with E-state index in [1.165, 1.54) is 0 Å². The fraction of sp³-hybridized carbons (Fsp3) is 0.375. The predicted octanol–water partition coefficient (Wildman–Crippen LogP) is 1.42. The Bertz CT molecular complexity index is 272. The third-order valence-corrected chi connectivity index (χ3v) is 1.24. The molecule has 0 saturated carbocycles. The standard InChI is InChI=1S/C8H10N2O/c1-4-6(2)9-8-5-7(3)11-10-8/h1,5-6H,2-3H3,(H,9,10). The molecule has 1 atom stereocenters. The lowest BCUT2D eigenvalue weighted by Gasteiger charge is -2.02. The summed E-state index contributed by atoms with van der Waals surface area (Å²) in [4.78, 5) is 0. The Kier molecular flexibility index (Phi) is 2.17. The summed E-state index contributed by atoms with van der Waals surface area (Å²) < 4.78 is 4.83. The Morgan fingerprint density at radius 2 is 2.55 bits per heavy atom. The SMILES string of the molecule is C#CC(C)Nc1cc(C)on1. The molecule has 0 spiro atoms. The minimum absolute atomic E-state index is 0.0144. The van der Waals surface area contributed by atoms with E-state index in [4.69, 9.17) is 10.9 Å². The van der Waals surface area contributed by atoms with Gasteiger partial charge in [-0.2, -0.15) is 0 Å². The molecule has 3 nitrogen and oxygen atoms in total. The molecule has 3 heteroatoms. The van der Waals surface area contributed by atoms with Crippen molar-refractivity contribution in [3.63, 3.8) is 0 Å². The van der Waals surface area contributed by atoms with Gasteiger partial charge in [0, 0.05) is 6.07 Å². The van der Waals surface area contributed by atoms with Crippen molar-refractivity contribution in [2.45, 2.75) is 19.9 Å². The van der Waals surface area contributed by atoms with Gasteiger partial charge < -0.3 is 9.84 Å². The van der Waals surface area contributed by atoms with Gasteiger partial charge in [-0.25, -0.2) is 0 Å². The van der Waals surface area contributed by atoms with E-state index in [0.29, 0.717) is 5.82 Å². The molecule has 1 aromatic rings. The van der Waals surface area contributed by atoms with E-state index in [2.05, 4.69) is 16.4 Å². The second-order valence-corrected chi connectivity index (χ2v) is 2.36. The molecule has 0 aliphatic heterocycles. The molecule has 1 rings (SSSR count). The quantitative estimate of drug-likeness (QED) is 0.648. The summed E-state index contributed by atoms with van der Waals surface area (Å²) in [6, 6.07) is 1.79. The Hall–Kier alpha value is -1.43. The lowest BCUT2D eigenvalue weighted by atomic mass is 10.3. The van der Waals surface area contributed by atoms with Crippen molar-refractivity contribution in [3.05, 3.63) is 11.8 Å². The lowest BCUT2D eigenvalue weighted by molar-refractivity contribution is 0.399. The van der Waals surface area contributed by atoms with E-state index in [9.17, 15) is 0 Å². The molecule has 1 heterocycles. The largest absolute Gasteiger partial charge is 0.360 e. The molecular weight excluding hydrogens is 140 g/mol. The zero-order valence-corrected chi connectivity index (χ0v) is 6.59. The summed E-state index contributed by atoms with van der Waals surface area (Å²) in [5, 5.41) is 6.69. The van der Waals surface area contributed by atoms with E-state index in [1.54, 1.807) is 6.07 Å². The number of rotatable bonds is 2. The van der Waals surface area contributed by atoms with E-state index >= 15 is 0 Å². The molecule has 0 aliphatic carbocycles. The smallest absolute Gasteiger partial charge is 0.170 e. The molecule has 1 unspecified atom stereocenters. The van der Waals surface area contributed by atoms with Crippen LogP contribution in [-0.4, -0.2) is 11.2 Å². The summed E-state index contributed by atoms with van der Waals surface area (Å²) in [6.07, 6.45) is 5.16. The number of terminal acetylenes is 1. The number of aryl methyl sites for hydroxylation is 1. The zero-order valence-electron chi connectivity index (χ0n) is 6.59. The highest BCUT2D eigenvalue weighted by molar-refractivity contribution is 5.36. The van der Waals surface area contributed by atoms with Crippen molar-refractivity contribution in [2.75, 3.05) is 5.32 Å². The fourth-order valence-corrected chi connectivity index (χ4v) is 0.698. The maximum atomic E-state index is 5.16. The molecule has 58 valence electrons. The van der Waals surface area contributed by atoms with Gasteiger partial charge in [0.05, 0.1) is 6.04 Å². The van der Waals surface area contributed by atoms with Crippen molar-refractivity contribution in [1.82, 2.24) is 5.16 Å². The molecule has 11 heavy (non-hydrogen) atoms. The van der Waals surface area contributed by atoms with Crippen LogP contribution in [0.3, 0.4) is 0 Å². The summed E-state index contributed by atoms with van der Waals surface area (Å²) in [6.45, 7) is 3.71. The van der Waals surface area contributed by atoms with Gasteiger partial charge in [0.2, 0.25) is 0 Å². The first-order valence-electron chi connectivity index (χ1n) is 3.38. The molecule has 0 bridgehead atoms. The summed E-state index contributed by atoms with van der Waals surface area (Å²) in [5.41, 5.74) is 0. The van der Waals surface area contributed by atoms with Gasteiger partial charge in [-0.3, -0.25) is 0 Å². The number of hydrogen-bond donors (Lipinski definition) is 1. The topological polar surface area (TPSA) is 38.1 Å². The molecule has 0 fully saturated rings. The molecular formula is C8H10N2O. The summed E-state index contributed by atoms with van der Waals surface area (Å²) in [7, 11) is 0.